The van der Waals surface area contributed by atoms with Crippen LogP contribution in [0.1, 0.15) is 32.8 Å². The van der Waals surface area contributed by atoms with Crippen molar-refractivity contribution in [3.8, 4) is 0 Å². The number of ether oxygens (including phenoxy) is 2. The van der Waals surface area contributed by atoms with E-state index in [0.717, 1.165) is 5.56 Å². The highest BCUT2D eigenvalue weighted by Crippen LogP contribution is 2.27. The molecule has 1 amide bonds. The molecule has 0 radical (unpaired) electrons. The number of carbonyl (C=O) groups excluding carboxylic acids is 3. The molecule has 7 heteroatoms. The van der Waals surface area contributed by atoms with Crippen LogP contribution < -0.4 is 10.2 Å². The lowest BCUT2D eigenvalue weighted by molar-refractivity contribution is -0.153. The van der Waals surface area contributed by atoms with E-state index in [9.17, 15) is 14.4 Å². The maximum atomic E-state index is 13.0. The molecule has 0 aliphatic carbocycles. The van der Waals surface area contributed by atoms with Crippen LogP contribution in [0, 0.1) is 0 Å². The van der Waals surface area contributed by atoms with Crippen LogP contribution in [0.2, 0.25) is 0 Å². The Morgan fingerprint density at radius 2 is 1.92 bits per heavy atom. The summed E-state index contributed by atoms with van der Waals surface area (Å²) in [5.74, 6) is -1.18. The van der Waals surface area contributed by atoms with Gasteiger partial charge in [-0.25, -0.2) is 0 Å². The standard InChI is InChI=1S/C19H26N2O5/c1-19(2,3)26-16(22)11-20-14-10-9-13-7-5-6-8-15(13)21(18(14)24)12-17(23)25-4/h5-8,14,20H,9-12H2,1-4H3. The summed E-state index contributed by atoms with van der Waals surface area (Å²) >= 11 is 0. The molecule has 142 valence electrons. The quantitative estimate of drug-likeness (QED) is 0.798. The molecule has 2 rings (SSSR count). The van der Waals surface area contributed by atoms with E-state index in [1.807, 2.05) is 24.3 Å². The monoisotopic (exact) mass is 362 g/mol. The Balaban J connectivity index is 2.14. The van der Waals surface area contributed by atoms with Crippen LogP contribution in [0.5, 0.6) is 0 Å². The van der Waals surface area contributed by atoms with Gasteiger partial charge >= 0.3 is 11.9 Å². The van der Waals surface area contributed by atoms with Crippen molar-refractivity contribution in [1.82, 2.24) is 5.32 Å². The SMILES string of the molecule is COC(=O)CN1C(=O)C(NCC(=O)OC(C)(C)C)CCc2ccccc21. The average molecular weight is 362 g/mol. The van der Waals surface area contributed by atoms with Crippen molar-refractivity contribution < 1.29 is 23.9 Å². The molecule has 1 heterocycles. The molecule has 1 aromatic carbocycles. The number of aryl methyl sites for hydroxylation is 1. The highest BCUT2D eigenvalue weighted by Gasteiger charge is 2.32. The maximum Gasteiger partial charge on any atom is 0.325 e. The number of para-hydroxylation sites is 1. The zero-order valence-electron chi connectivity index (χ0n) is 15.7. The van der Waals surface area contributed by atoms with E-state index in [2.05, 4.69) is 5.32 Å². The van der Waals surface area contributed by atoms with Crippen LogP contribution in [0.3, 0.4) is 0 Å². The van der Waals surface area contributed by atoms with Crippen LogP contribution in [-0.2, 0) is 30.3 Å². The highest BCUT2D eigenvalue weighted by atomic mass is 16.6. The molecule has 0 saturated heterocycles. The lowest BCUT2D eigenvalue weighted by Gasteiger charge is -2.25. The van der Waals surface area contributed by atoms with Gasteiger partial charge in [0.2, 0.25) is 5.91 Å². The Labute approximate surface area is 153 Å². The molecule has 1 N–H and O–H groups in total. The van der Waals surface area contributed by atoms with Gasteiger partial charge in [-0.3, -0.25) is 24.6 Å². The molecule has 1 aliphatic heterocycles. The number of rotatable bonds is 5. The number of esters is 2. The highest BCUT2D eigenvalue weighted by molar-refractivity contribution is 6.02. The Bertz CT molecular complexity index is 681. The molecule has 0 fully saturated rings. The summed E-state index contributed by atoms with van der Waals surface area (Å²) in [7, 11) is 1.29. The van der Waals surface area contributed by atoms with Crippen LogP contribution in [0.15, 0.2) is 24.3 Å². The van der Waals surface area contributed by atoms with Gasteiger partial charge in [-0.15, -0.1) is 0 Å². The van der Waals surface area contributed by atoms with E-state index < -0.39 is 23.6 Å². The number of nitrogens with one attached hydrogen (secondary N) is 1. The Kier molecular flexibility index (Phi) is 6.37. The van der Waals surface area contributed by atoms with Gasteiger partial charge in [-0.1, -0.05) is 18.2 Å². The van der Waals surface area contributed by atoms with Gasteiger partial charge in [-0.05, 0) is 45.2 Å². The van der Waals surface area contributed by atoms with Crippen LogP contribution in [0.25, 0.3) is 0 Å². The number of benzene rings is 1. The lowest BCUT2D eigenvalue weighted by Crippen LogP contribution is -2.49. The van der Waals surface area contributed by atoms with Crippen molar-refractivity contribution in [2.24, 2.45) is 0 Å². The van der Waals surface area contributed by atoms with Crippen LogP contribution in [0.4, 0.5) is 5.69 Å². The summed E-state index contributed by atoms with van der Waals surface area (Å²) < 4.78 is 9.98. The summed E-state index contributed by atoms with van der Waals surface area (Å²) in [5.41, 5.74) is 1.09. The molecular weight excluding hydrogens is 336 g/mol. The molecule has 1 aliphatic rings. The first-order valence-corrected chi connectivity index (χ1v) is 8.62. The van der Waals surface area contributed by atoms with Gasteiger partial charge in [0.15, 0.2) is 0 Å². The first-order chi connectivity index (χ1) is 12.2. The third kappa shape index (κ3) is 5.29. The minimum absolute atomic E-state index is 0.0733. The smallest absolute Gasteiger partial charge is 0.325 e. The number of amides is 1. The van der Waals surface area contributed by atoms with E-state index in [1.54, 1.807) is 20.8 Å². The van der Waals surface area contributed by atoms with Crippen molar-refractivity contribution in [2.75, 3.05) is 25.1 Å². The molecule has 1 atom stereocenters. The fraction of sp³-hybridized carbons (Fsp3) is 0.526. The van der Waals surface area contributed by atoms with Crippen molar-refractivity contribution in [2.45, 2.75) is 45.3 Å². The van der Waals surface area contributed by atoms with E-state index in [4.69, 9.17) is 9.47 Å². The molecular formula is C19H26N2O5. The number of methoxy groups -OCH3 is 1. The van der Waals surface area contributed by atoms with Gasteiger partial charge in [0.25, 0.3) is 0 Å². The second-order valence-electron chi connectivity index (χ2n) is 7.19. The van der Waals surface area contributed by atoms with Crippen molar-refractivity contribution in [1.29, 1.82) is 0 Å². The van der Waals surface area contributed by atoms with E-state index in [1.165, 1.54) is 12.0 Å². The molecule has 0 aromatic heterocycles. The molecule has 1 aromatic rings. The third-order valence-electron chi connectivity index (χ3n) is 3.98. The second kappa shape index (κ2) is 8.31. The van der Waals surface area contributed by atoms with Crippen molar-refractivity contribution >= 4 is 23.5 Å². The number of hydrogen-bond donors (Lipinski definition) is 1. The average Bonchev–Trinajstić information content (AvgIpc) is 2.69. The molecule has 0 spiro atoms. The minimum atomic E-state index is -0.584. The lowest BCUT2D eigenvalue weighted by atomic mass is 10.1. The van der Waals surface area contributed by atoms with E-state index >= 15 is 0 Å². The topological polar surface area (TPSA) is 84.9 Å². The maximum absolute atomic E-state index is 13.0. The third-order valence-corrected chi connectivity index (χ3v) is 3.98. The van der Waals surface area contributed by atoms with Gasteiger partial charge in [0, 0.05) is 5.69 Å². The number of nitrogens with zero attached hydrogens (tertiary/aromatic N) is 1. The fourth-order valence-corrected chi connectivity index (χ4v) is 2.85. The normalized spacial score (nSPS) is 17.3. The zero-order valence-corrected chi connectivity index (χ0v) is 15.7. The van der Waals surface area contributed by atoms with Gasteiger partial charge in [-0.2, -0.15) is 0 Å². The summed E-state index contributed by atoms with van der Waals surface area (Å²) in [6.45, 7) is 5.12. The van der Waals surface area contributed by atoms with Crippen molar-refractivity contribution in [3.63, 3.8) is 0 Å². The number of hydrogen-bond acceptors (Lipinski definition) is 6. The first kappa shape index (κ1) is 19.9. The Hall–Kier alpha value is -2.41. The largest absolute Gasteiger partial charge is 0.468 e. The predicted molar refractivity (Wildman–Crippen MR) is 96.8 cm³/mol. The molecule has 1 unspecified atom stereocenters. The first-order valence-electron chi connectivity index (χ1n) is 8.62. The number of carbonyl (C=O) groups is 3. The summed E-state index contributed by atoms with van der Waals surface area (Å²) in [4.78, 5) is 38.1. The number of fused-ring (bicyclic) bond motifs is 1. The summed E-state index contributed by atoms with van der Waals surface area (Å²) in [5, 5.41) is 2.97. The van der Waals surface area contributed by atoms with E-state index in [0.29, 0.717) is 18.5 Å². The van der Waals surface area contributed by atoms with Crippen LogP contribution >= 0.6 is 0 Å². The van der Waals surface area contributed by atoms with Crippen molar-refractivity contribution in [3.05, 3.63) is 29.8 Å². The van der Waals surface area contributed by atoms with Gasteiger partial charge in [0.1, 0.15) is 12.1 Å². The predicted octanol–water partition coefficient (Wildman–Crippen LogP) is 1.44. The molecule has 0 saturated carbocycles. The van der Waals surface area contributed by atoms with Gasteiger partial charge in [0.05, 0.1) is 19.7 Å². The summed E-state index contributed by atoms with van der Waals surface area (Å²) in [6.07, 6.45) is 1.18. The number of anilines is 1. The molecule has 0 bridgehead atoms. The van der Waals surface area contributed by atoms with Gasteiger partial charge < -0.3 is 9.47 Å². The molecule has 7 nitrogen and oxygen atoms in total. The Morgan fingerprint density at radius 3 is 2.58 bits per heavy atom. The minimum Gasteiger partial charge on any atom is -0.468 e. The Morgan fingerprint density at radius 1 is 1.23 bits per heavy atom. The fourth-order valence-electron chi connectivity index (χ4n) is 2.85. The second-order valence-corrected chi connectivity index (χ2v) is 7.19. The summed E-state index contributed by atoms with van der Waals surface area (Å²) in [6, 6.07) is 6.88. The molecule has 26 heavy (non-hydrogen) atoms. The zero-order chi connectivity index (χ0) is 19.3. The van der Waals surface area contributed by atoms with Crippen LogP contribution in [-0.4, -0.2) is 49.7 Å². The van der Waals surface area contributed by atoms with E-state index in [-0.39, 0.29) is 19.0 Å².